The van der Waals surface area contributed by atoms with Crippen LogP contribution in [0.3, 0.4) is 0 Å². The molecule has 0 radical (unpaired) electrons. The number of anilines is 2. The highest BCUT2D eigenvalue weighted by atomic mass is 16.6. The second-order valence-corrected chi connectivity index (χ2v) is 11.9. The Kier molecular flexibility index (Phi) is 7.67. The first-order chi connectivity index (χ1) is 23.5. The summed E-state index contributed by atoms with van der Waals surface area (Å²) in [7, 11) is 0. The quantitative estimate of drug-likeness (QED) is 0.125. The zero-order valence-electron chi connectivity index (χ0n) is 25.7. The van der Waals surface area contributed by atoms with Gasteiger partial charge in [-0.3, -0.25) is 4.57 Å². The minimum Gasteiger partial charge on any atom is -0.489 e. The molecule has 0 saturated carbocycles. The lowest BCUT2D eigenvalue weighted by molar-refractivity contribution is -0.0459. The number of amides is 1. The minimum atomic E-state index is -0.899. The van der Waals surface area contributed by atoms with Crippen LogP contribution in [0.2, 0.25) is 0 Å². The van der Waals surface area contributed by atoms with Crippen LogP contribution >= 0.6 is 0 Å². The van der Waals surface area contributed by atoms with Crippen LogP contribution in [0.15, 0.2) is 83.8 Å². The Morgan fingerprint density at radius 1 is 0.979 bits per heavy atom. The highest BCUT2D eigenvalue weighted by Crippen LogP contribution is 2.45. The molecule has 48 heavy (non-hydrogen) atoms. The topological polar surface area (TPSA) is 153 Å². The van der Waals surface area contributed by atoms with Gasteiger partial charge in [0, 0.05) is 12.8 Å². The molecule has 0 spiro atoms. The Morgan fingerprint density at radius 2 is 1.75 bits per heavy atom. The number of carbonyl (C=O) groups is 1. The fraction of sp³-hybridized carbons (Fsp3) is 0.250. The van der Waals surface area contributed by atoms with Crippen LogP contribution in [0.4, 0.5) is 16.3 Å². The van der Waals surface area contributed by atoms with Crippen molar-refractivity contribution in [3.8, 4) is 17.2 Å². The smallest absolute Gasteiger partial charge is 0.407 e. The Hall–Kier alpha value is -5.43. The second kappa shape index (κ2) is 12.3. The van der Waals surface area contributed by atoms with E-state index in [2.05, 4.69) is 70.2 Å². The number of hydrogen-bond acceptors (Lipinski definition) is 10. The first-order valence-corrected chi connectivity index (χ1v) is 15.8. The molecule has 3 atom stereocenters. The van der Waals surface area contributed by atoms with Gasteiger partial charge in [-0.15, -0.1) is 0 Å². The number of fused-ring (bicyclic) bond motifs is 2. The van der Waals surface area contributed by atoms with Crippen molar-refractivity contribution in [2.24, 2.45) is 0 Å². The Morgan fingerprint density at radius 3 is 2.56 bits per heavy atom. The van der Waals surface area contributed by atoms with Gasteiger partial charge in [0.1, 0.15) is 30.4 Å². The third-order valence-electron chi connectivity index (χ3n) is 8.92. The summed E-state index contributed by atoms with van der Waals surface area (Å²) in [5.41, 5.74) is 0.999. The first-order valence-electron chi connectivity index (χ1n) is 15.8. The van der Waals surface area contributed by atoms with Gasteiger partial charge >= 0.3 is 11.8 Å². The Labute approximate surface area is 273 Å². The van der Waals surface area contributed by atoms with Crippen molar-refractivity contribution in [1.82, 2.24) is 14.9 Å². The van der Waals surface area contributed by atoms with E-state index in [4.69, 9.17) is 18.9 Å². The molecule has 5 aromatic carbocycles. The molecule has 8 rings (SSSR count). The average molecular weight is 649 g/mol. The normalized spacial score (nSPS) is 18.3. The van der Waals surface area contributed by atoms with Gasteiger partial charge in [-0.1, -0.05) is 60.7 Å². The molecule has 1 aromatic heterocycles. The fourth-order valence-electron chi connectivity index (χ4n) is 6.58. The predicted molar refractivity (Wildman–Crippen MR) is 179 cm³/mol. The zero-order valence-corrected chi connectivity index (χ0v) is 25.7. The summed E-state index contributed by atoms with van der Waals surface area (Å²) < 4.78 is 24.3. The molecule has 2 aliphatic rings. The van der Waals surface area contributed by atoms with E-state index in [1.54, 1.807) is 18.2 Å². The van der Waals surface area contributed by atoms with E-state index in [0.29, 0.717) is 23.6 Å². The van der Waals surface area contributed by atoms with Crippen molar-refractivity contribution in [1.29, 1.82) is 0 Å². The van der Waals surface area contributed by atoms with Crippen LogP contribution in [0, 0.1) is 0 Å². The molecule has 0 bridgehead atoms. The first kappa shape index (κ1) is 29.9. The number of rotatable bonds is 9. The molecular weight excluding hydrogens is 616 g/mol. The highest BCUT2D eigenvalue weighted by Gasteiger charge is 2.36. The van der Waals surface area contributed by atoms with Gasteiger partial charge in [0.15, 0.2) is 17.3 Å². The number of ether oxygens (including phenoxy) is 4. The summed E-state index contributed by atoms with van der Waals surface area (Å²) >= 11 is 0. The molecule has 244 valence electrons. The second-order valence-electron chi connectivity index (χ2n) is 11.9. The number of carbonyl (C=O) groups excluding carboxylic acids is 1. The molecule has 6 aromatic rings. The van der Waals surface area contributed by atoms with Gasteiger partial charge in [0.05, 0.1) is 32.1 Å². The maximum absolute atomic E-state index is 12.8. The summed E-state index contributed by atoms with van der Waals surface area (Å²) in [5, 5.41) is 32.6. The minimum absolute atomic E-state index is 0.135. The standard InChI is InChI=1S/C36H32N4O8/c41-19-29-25(42)17-30(48-29)40-18-28-34(39-35(40)43)38-33-26(5-2-6-27(33)47-28)45-16-14-37-36(44)46-15-13-20-7-8-23-10-9-21-3-1-4-22-11-12-24(20)32(23)31(21)22/h1-12,18,25,29-30,41-42H,13-17,19H2,(H,37,44)(H,38,39,43)/t25-,29+,30+/m0/s1. The van der Waals surface area contributed by atoms with E-state index in [9.17, 15) is 19.8 Å². The average Bonchev–Trinajstić information content (AvgIpc) is 3.48. The van der Waals surface area contributed by atoms with E-state index in [1.807, 2.05) is 0 Å². The van der Waals surface area contributed by atoms with Gasteiger partial charge in [-0.25, -0.2) is 9.59 Å². The SMILES string of the molecule is O=C(NCCOc1cccc2c1Nc1nc(=O)n([C@H]3C[C@H](O)[C@@H](CO)O3)cc1O2)OCCc1ccc2ccc3cccc4ccc1c2c34. The zero-order chi connectivity index (χ0) is 32.8. The van der Waals surface area contributed by atoms with Crippen molar-refractivity contribution in [3.05, 3.63) is 95.0 Å². The molecule has 1 amide bonds. The number of nitrogens with one attached hydrogen (secondary N) is 2. The van der Waals surface area contributed by atoms with Gasteiger partial charge in [0.25, 0.3) is 0 Å². The number of nitrogens with zero attached hydrogens (tertiary/aromatic N) is 2. The maximum Gasteiger partial charge on any atom is 0.407 e. The van der Waals surface area contributed by atoms with Gasteiger partial charge < -0.3 is 39.8 Å². The number of alkyl carbamates (subject to hydrolysis) is 1. The summed E-state index contributed by atoms with van der Waals surface area (Å²) in [6.07, 6.45) is -0.816. The fourth-order valence-corrected chi connectivity index (χ4v) is 6.58. The third kappa shape index (κ3) is 5.39. The largest absolute Gasteiger partial charge is 0.489 e. The predicted octanol–water partition coefficient (Wildman–Crippen LogP) is 4.98. The molecule has 0 aliphatic carbocycles. The number of benzene rings is 5. The summed E-state index contributed by atoms with van der Waals surface area (Å²) in [6, 6.07) is 24.4. The van der Waals surface area contributed by atoms with Crippen LogP contribution in [0.25, 0.3) is 32.3 Å². The van der Waals surface area contributed by atoms with Crippen LogP contribution in [-0.2, 0) is 15.9 Å². The van der Waals surface area contributed by atoms with Crippen LogP contribution in [0.1, 0.15) is 18.2 Å². The van der Waals surface area contributed by atoms with Crippen molar-refractivity contribution in [3.63, 3.8) is 0 Å². The van der Waals surface area contributed by atoms with Crippen molar-refractivity contribution < 1.29 is 34.0 Å². The number of aliphatic hydroxyl groups excluding tert-OH is 2. The maximum atomic E-state index is 12.8. The van der Waals surface area contributed by atoms with Gasteiger partial charge in [0.2, 0.25) is 0 Å². The molecule has 3 heterocycles. The van der Waals surface area contributed by atoms with Crippen LogP contribution < -0.4 is 25.8 Å². The van der Waals surface area contributed by atoms with Crippen molar-refractivity contribution in [2.45, 2.75) is 31.3 Å². The molecule has 1 fully saturated rings. The van der Waals surface area contributed by atoms with Gasteiger partial charge in [-0.2, -0.15) is 4.98 Å². The number of aliphatic hydroxyl groups is 2. The van der Waals surface area contributed by atoms with Crippen LogP contribution in [0.5, 0.6) is 17.2 Å². The van der Waals surface area contributed by atoms with E-state index in [1.165, 1.54) is 43.1 Å². The highest BCUT2D eigenvalue weighted by molar-refractivity contribution is 6.23. The van der Waals surface area contributed by atoms with Crippen molar-refractivity contribution in [2.75, 3.05) is 31.7 Å². The Bertz CT molecular complexity index is 2200. The number of hydrogen-bond donors (Lipinski definition) is 4. The van der Waals surface area contributed by atoms with E-state index < -0.39 is 30.2 Å². The van der Waals surface area contributed by atoms with Gasteiger partial charge in [-0.05, 0) is 50.0 Å². The van der Waals surface area contributed by atoms with E-state index >= 15 is 0 Å². The van der Waals surface area contributed by atoms with Crippen LogP contribution in [-0.4, -0.2) is 64.4 Å². The van der Waals surface area contributed by atoms with E-state index in [-0.39, 0.29) is 44.4 Å². The lowest BCUT2D eigenvalue weighted by Crippen LogP contribution is -2.29. The molecule has 1 saturated heterocycles. The summed E-state index contributed by atoms with van der Waals surface area (Å²) in [5.74, 6) is 1.38. The monoisotopic (exact) mass is 648 g/mol. The lowest BCUT2D eigenvalue weighted by Gasteiger charge is -2.24. The lowest BCUT2D eigenvalue weighted by atomic mass is 9.91. The number of aromatic nitrogens is 2. The molecule has 2 aliphatic heterocycles. The molecule has 0 unspecified atom stereocenters. The molecule has 4 N–H and O–H groups in total. The van der Waals surface area contributed by atoms with Crippen molar-refractivity contribution >= 4 is 49.9 Å². The summed E-state index contributed by atoms with van der Waals surface area (Å²) in [6.45, 7) is 0.216. The third-order valence-corrected chi connectivity index (χ3v) is 8.92. The molecular formula is C36H32N4O8. The molecule has 12 heteroatoms. The number of para-hydroxylation sites is 1. The Balaban J connectivity index is 0.855. The van der Waals surface area contributed by atoms with E-state index in [0.717, 1.165) is 5.56 Å². The summed E-state index contributed by atoms with van der Waals surface area (Å²) in [4.78, 5) is 29.4. The molecule has 12 nitrogen and oxygen atoms in total.